The van der Waals surface area contributed by atoms with Crippen LogP contribution < -0.4 is 0 Å². The van der Waals surface area contributed by atoms with Crippen molar-refractivity contribution < 1.29 is 0 Å². The van der Waals surface area contributed by atoms with Gasteiger partial charge in [-0.05, 0) is 5.92 Å². The van der Waals surface area contributed by atoms with Crippen LogP contribution in [0.4, 0.5) is 0 Å². The summed E-state index contributed by atoms with van der Waals surface area (Å²) in [5.74, 6) is 0.713. The molecule has 0 rings (SSSR count). The van der Waals surface area contributed by atoms with Gasteiger partial charge in [0, 0.05) is 0 Å². The molecule has 40 valence electrons. The highest BCUT2D eigenvalue weighted by Crippen LogP contribution is 1.95. The van der Waals surface area contributed by atoms with Crippen LogP contribution in [0, 0.1) is 5.92 Å². The fourth-order valence-corrected chi connectivity index (χ4v) is 0.667. The summed E-state index contributed by atoms with van der Waals surface area (Å²) in [6, 6.07) is 0. The molecule has 0 spiro atoms. The molecule has 7 heavy (non-hydrogen) atoms. The number of hydrogen-bond donors (Lipinski definition) is 0. The van der Waals surface area contributed by atoms with Gasteiger partial charge in [0.1, 0.15) is 7.85 Å². The molecule has 0 aliphatic carbocycles. The van der Waals surface area contributed by atoms with Gasteiger partial charge >= 0.3 is 0 Å². The average molecular weight is 96.0 g/mol. The Kier molecular flexibility index (Phi) is 2.81. The summed E-state index contributed by atoms with van der Waals surface area (Å²) in [4.78, 5) is 0. The van der Waals surface area contributed by atoms with Crippen LogP contribution in [0.15, 0.2) is 11.5 Å². The smallest absolute Gasteiger partial charge is 0.117 e. The van der Waals surface area contributed by atoms with Crippen LogP contribution in [0.1, 0.15) is 20.8 Å². The second-order valence-electron chi connectivity index (χ2n) is 2.49. The van der Waals surface area contributed by atoms with Gasteiger partial charge in [-0.15, -0.1) is 5.47 Å². The van der Waals surface area contributed by atoms with Crippen LogP contribution in [0.25, 0.3) is 0 Å². The van der Waals surface area contributed by atoms with Gasteiger partial charge in [-0.25, -0.2) is 0 Å². The van der Waals surface area contributed by atoms with Crippen molar-refractivity contribution in [3.8, 4) is 0 Å². The Hall–Kier alpha value is -0.195. The standard InChI is InChI=1S/C6H13B/c1-5(2)4-6(3)7/h4-5H,7H2,1-3H3/b6-4+. The molecular weight excluding hydrogens is 82.9 g/mol. The maximum atomic E-state index is 2.25. The lowest BCUT2D eigenvalue weighted by molar-refractivity contribution is 0.828. The van der Waals surface area contributed by atoms with Crippen molar-refractivity contribution >= 4 is 7.85 Å². The van der Waals surface area contributed by atoms with Gasteiger partial charge in [-0.1, -0.05) is 26.8 Å². The molecule has 0 aliphatic heterocycles. The van der Waals surface area contributed by atoms with E-state index in [1.807, 2.05) is 0 Å². The van der Waals surface area contributed by atoms with Crippen LogP contribution in [0.3, 0.4) is 0 Å². The first kappa shape index (κ1) is 6.80. The molecule has 0 heterocycles. The SMILES string of the molecule is B/C(C)=C/C(C)C. The molecule has 0 nitrogen and oxygen atoms in total. The van der Waals surface area contributed by atoms with E-state index in [-0.39, 0.29) is 0 Å². The first-order valence-electron chi connectivity index (χ1n) is 2.78. The Morgan fingerprint density at radius 3 is 2.00 bits per heavy atom. The molecule has 0 unspecified atom stereocenters. The third-order valence-corrected chi connectivity index (χ3v) is 0.667. The second kappa shape index (κ2) is 2.89. The van der Waals surface area contributed by atoms with Gasteiger partial charge in [0.15, 0.2) is 0 Å². The van der Waals surface area contributed by atoms with Crippen molar-refractivity contribution in [2.24, 2.45) is 5.92 Å². The lowest BCUT2D eigenvalue weighted by atomic mass is 9.94. The van der Waals surface area contributed by atoms with Gasteiger partial charge < -0.3 is 0 Å². The molecule has 0 atom stereocenters. The molecule has 0 bridgehead atoms. The molecule has 0 amide bonds. The zero-order chi connectivity index (χ0) is 5.86. The van der Waals surface area contributed by atoms with Crippen molar-refractivity contribution in [2.75, 3.05) is 0 Å². The summed E-state index contributed by atoms with van der Waals surface area (Å²) in [5.41, 5.74) is 1.41. The largest absolute Gasteiger partial charge is 0.133 e. The maximum Gasteiger partial charge on any atom is 0.133 e. The van der Waals surface area contributed by atoms with Crippen molar-refractivity contribution in [1.82, 2.24) is 0 Å². The summed E-state index contributed by atoms with van der Waals surface area (Å²) in [6.07, 6.45) is 2.25. The Morgan fingerprint density at radius 1 is 1.57 bits per heavy atom. The molecule has 0 aromatic heterocycles. The Balaban J connectivity index is 3.45. The highest BCUT2D eigenvalue weighted by molar-refractivity contribution is 6.21. The van der Waals surface area contributed by atoms with Gasteiger partial charge in [0.05, 0.1) is 0 Å². The molecule has 0 aromatic carbocycles. The molecule has 0 saturated heterocycles. The van der Waals surface area contributed by atoms with Gasteiger partial charge in [0.25, 0.3) is 0 Å². The van der Waals surface area contributed by atoms with E-state index in [4.69, 9.17) is 0 Å². The molecule has 1 heteroatoms. The van der Waals surface area contributed by atoms with Crippen LogP contribution in [-0.4, -0.2) is 7.85 Å². The summed E-state index contributed by atoms with van der Waals surface area (Å²) in [5, 5.41) is 0. The highest BCUT2D eigenvalue weighted by Gasteiger charge is 1.82. The lowest BCUT2D eigenvalue weighted by Gasteiger charge is -1.93. The van der Waals surface area contributed by atoms with Crippen LogP contribution in [0.2, 0.25) is 0 Å². The number of rotatable bonds is 1. The minimum absolute atomic E-state index is 0.713. The Labute approximate surface area is 47.0 Å². The predicted molar refractivity (Wildman–Crippen MR) is 37.1 cm³/mol. The fraction of sp³-hybridized carbons (Fsp3) is 0.667. The van der Waals surface area contributed by atoms with Gasteiger partial charge in [-0.2, -0.15) is 0 Å². The van der Waals surface area contributed by atoms with E-state index < -0.39 is 0 Å². The molecule has 0 N–H and O–H groups in total. The molecule has 0 aromatic rings. The van der Waals surface area contributed by atoms with Crippen molar-refractivity contribution in [3.05, 3.63) is 11.5 Å². The molecule has 0 saturated carbocycles. The third kappa shape index (κ3) is 5.80. The van der Waals surface area contributed by atoms with Crippen molar-refractivity contribution in [2.45, 2.75) is 20.8 Å². The minimum Gasteiger partial charge on any atom is -0.117 e. The van der Waals surface area contributed by atoms with Gasteiger partial charge in [0.2, 0.25) is 0 Å². The Bertz CT molecular complexity index is 68.2. The Morgan fingerprint density at radius 2 is 2.00 bits per heavy atom. The van der Waals surface area contributed by atoms with E-state index in [2.05, 4.69) is 34.7 Å². The quantitative estimate of drug-likeness (QED) is 0.430. The summed E-state index contributed by atoms with van der Waals surface area (Å²) in [7, 11) is 2.12. The average Bonchev–Trinajstić information content (AvgIpc) is 1.27. The molecule has 0 radical (unpaired) electrons. The number of hydrogen-bond acceptors (Lipinski definition) is 0. The summed E-state index contributed by atoms with van der Waals surface area (Å²) >= 11 is 0. The van der Waals surface area contributed by atoms with Gasteiger partial charge in [-0.3, -0.25) is 0 Å². The van der Waals surface area contributed by atoms with Crippen LogP contribution in [0.5, 0.6) is 0 Å². The van der Waals surface area contributed by atoms with Crippen molar-refractivity contribution in [1.29, 1.82) is 0 Å². The monoisotopic (exact) mass is 96.1 g/mol. The van der Waals surface area contributed by atoms with Crippen LogP contribution >= 0.6 is 0 Å². The first-order chi connectivity index (χ1) is 3.13. The molecule has 0 fully saturated rings. The zero-order valence-electron chi connectivity index (χ0n) is 5.65. The highest BCUT2D eigenvalue weighted by atomic mass is 13.9. The fourth-order valence-electron chi connectivity index (χ4n) is 0.667. The van der Waals surface area contributed by atoms with E-state index in [1.54, 1.807) is 0 Å². The van der Waals surface area contributed by atoms with E-state index in [0.29, 0.717) is 5.92 Å². The second-order valence-corrected chi connectivity index (χ2v) is 2.49. The van der Waals surface area contributed by atoms with E-state index in [1.165, 1.54) is 5.47 Å². The minimum atomic E-state index is 0.713. The van der Waals surface area contributed by atoms with E-state index >= 15 is 0 Å². The summed E-state index contributed by atoms with van der Waals surface area (Å²) < 4.78 is 0. The third-order valence-electron chi connectivity index (χ3n) is 0.667. The first-order valence-corrected chi connectivity index (χ1v) is 2.78. The van der Waals surface area contributed by atoms with E-state index in [9.17, 15) is 0 Å². The van der Waals surface area contributed by atoms with E-state index in [0.717, 1.165) is 0 Å². The summed E-state index contributed by atoms with van der Waals surface area (Å²) in [6.45, 7) is 6.50. The lowest BCUT2D eigenvalue weighted by Crippen LogP contribution is -1.80. The predicted octanol–water partition coefficient (Wildman–Crippen LogP) is 1.18. The molecular formula is C6H13B. The maximum absolute atomic E-state index is 2.25. The molecule has 0 aliphatic rings. The van der Waals surface area contributed by atoms with Crippen molar-refractivity contribution in [3.63, 3.8) is 0 Å². The normalized spacial score (nSPS) is 12.9. The topological polar surface area (TPSA) is 0 Å². The number of allylic oxidation sites excluding steroid dienone is 2. The zero-order valence-corrected chi connectivity index (χ0v) is 5.65. The van der Waals surface area contributed by atoms with Crippen LogP contribution in [-0.2, 0) is 0 Å².